The molecule has 1 aliphatic rings. The van der Waals surface area contributed by atoms with E-state index >= 15 is 0 Å². The van der Waals surface area contributed by atoms with Gasteiger partial charge in [0, 0.05) is 4.90 Å². The molecule has 0 amide bonds. The molecule has 2 rings (SSSR count). The molecule has 4 N–H and O–H groups in total. The lowest BCUT2D eigenvalue weighted by Crippen LogP contribution is -2.60. The zero-order valence-electron chi connectivity index (χ0n) is 9.64. The number of aliphatic hydroxyl groups is 4. The molecule has 0 aliphatic carbocycles. The van der Waals surface area contributed by atoms with Crippen LogP contribution in [0.15, 0.2) is 35.2 Å². The van der Waals surface area contributed by atoms with Crippen LogP contribution in [0, 0.1) is 0 Å². The number of thioether (sulfide) groups is 1. The van der Waals surface area contributed by atoms with Crippen LogP contribution < -0.4 is 0 Å². The summed E-state index contributed by atoms with van der Waals surface area (Å²) in [5.74, 6) is 0. The summed E-state index contributed by atoms with van der Waals surface area (Å²) in [6.07, 6.45) is -3.84. The third-order valence-corrected chi connectivity index (χ3v) is 4.26. The second kappa shape index (κ2) is 5.56. The summed E-state index contributed by atoms with van der Waals surface area (Å²) in [5, 5.41) is 38.6. The van der Waals surface area contributed by atoms with Gasteiger partial charge in [-0.1, -0.05) is 30.0 Å². The van der Waals surface area contributed by atoms with Gasteiger partial charge in [0.15, 0.2) is 4.93 Å². The summed E-state index contributed by atoms with van der Waals surface area (Å²) in [6.45, 7) is -0.587. The molecular formula is C12H16O5S. The molecule has 18 heavy (non-hydrogen) atoms. The molecule has 0 unspecified atom stereocenters. The number of ether oxygens (including phenoxy) is 1. The molecule has 1 fully saturated rings. The van der Waals surface area contributed by atoms with Crippen molar-refractivity contribution in [2.45, 2.75) is 28.1 Å². The van der Waals surface area contributed by atoms with E-state index in [4.69, 9.17) is 4.74 Å². The zero-order chi connectivity index (χ0) is 13.2. The largest absolute Gasteiger partial charge is 0.392 e. The topological polar surface area (TPSA) is 90.2 Å². The summed E-state index contributed by atoms with van der Waals surface area (Å²) in [5.41, 5.74) is 0. The van der Waals surface area contributed by atoms with Crippen molar-refractivity contribution in [1.29, 1.82) is 0 Å². The van der Waals surface area contributed by atoms with Crippen LogP contribution in [-0.2, 0) is 4.74 Å². The van der Waals surface area contributed by atoms with E-state index in [2.05, 4.69) is 0 Å². The van der Waals surface area contributed by atoms with E-state index in [0.717, 1.165) is 16.7 Å². The fourth-order valence-electron chi connectivity index (χ4n) is 1.83. The van der Waals surface area contributed by atoms with Gasteiger partial charge >= 0.3 is 0 Å². The normalized spacial score (nSPS) is 36.6. The number of hydrogen-bond acceptors (Lipinski definition) is 6. The maximum Gasteiger partial charge on any atom is 0.169 e. The first kappa shape index (κ1) is 13.8. The van der Waals surface area contributed by atoms with Gasteiger partial charge in [0.1, 0.15) is 18.3 Å². The van der Waals surface area contributed by atoms with E-state index in [1.165, 1.54) is 0 Å². The fraction of sp³-hybridized carbons (Fsp3) is 0.500. The first-order chi connectivity index (χ1) is 8.59. The standard InChI is InChI=1S/C12H16O5S/c13-7-12(18-8-4-2-1-3-5-8)11(16)10(15)9(14)6-17-12/h1-5,9-11,13-16H,6-7H2/t9-,10-,11+,12+/m1/s1. The average molecular weight is 272 g/mol. The highest BCUT2D eigenvalue weighted by Crippen LogP contribution is 2.40. The first-order valence-corrected chi connectivity index (χ1v) is 6.44. The summed E-state index contributed by atoms with van der Waals surface area (Å²) in [6, 6.07) is 9.14. The summed E-state index contributed by atoms with van der Waals surface area (Å²) in [4.78, 5) is -0.547. The van der Waals surface area contributed by atoms with Crippen LogP contribution >= 0.6 is 11.8 Å². The van der Waals surface area contributed by atoms with Crippen molar-refractivity contribution in [2.75, 3.05) is 13.2 Å². The zero-order valence-corrected chi connectivity index (χ0v) is 10.5. The van der Waals surface area contributed by atoms with Crippen LogP contribution in [0.3, 0.4) is 0 Å². The van der Waals surface area contributed by atoms with E-state index in [1.54, 1.807) is 0 Å². The molecule has 0 saturated carbocycles. The maximum absolute atomic E-state index is 10.0. The van der Waals surface area contributed by atoms with E-state index in [-0.39, 0.29) is 6.61 Å². The van der Waals surface area contributed by atoms with E-state index in [0.29, 0.717) is 0 Å². The average Bonchev–Trinajstić information content (AvgIpc) is 2.41. The van der Waals surface area contributed by atoms with Crippen molar-refractivity contribution >= 4 is 11.8 Å². The third kappa shape index (κ3) is 2.54. The molecule has 1 heterocycles. The minimum atomic E-state index is -1.36. The van der Waals surface area contributed by atoms with Gasteiger partial charge in [0.05, 0.1) is 13.2 Å². The molecule has 0 aromatic heterocycles. The van der Waals surface area contributed by atoms with Gasteiger partial charge in [-0.15, -0.1) is 0 Å². The summed E-state index contributed by atoms with van der Waals surface area (Å²) in [7, 11) is 0. The number of rotatable bonds is 3. The fourth-order valence-corrected chi connectivity index (χ4v) is 2.97. The van der Waals surface area contributed by atoms with Crippen LogP contribution in [0.4, 0.5) is 0 Å². The second-order valence-corrected chi connectivity index (χ2v) is 5.57. The van der Waals surface area contributed by atoms with Crippen molar-refractivity contribution in [1.82, 2.24) is 0 Å². The highest BCUT2D eigenvalue weighted by Gasteiger charge is 2.50. The predicted octanol–water partition coefficient (Wildman–Crippen LogP) is -0.420. The Morgan fingerprint density at radius 1 is 1.22 bits per heavy atom. The Bertz CT molecular complexity index is 387. The molecule has 0 spiro atoms. The smallest absolute Gasteiger partial charge is 0.169 e. The van der Waals surface area contributed by atoms with Gasteiger partial charge in [-0.2, -0.15) is 0 Å². The number of hydrogen-bond donors (Lipinski definition) is 4. The summed E-state index contributed by atoms with van der Waals surface area (Å²) >= 11 is 1.13. The molecule has 1 aliphatic heterocycles. The van der Waals surface area contributed by atoms with Gasteiger partial charge in [-0.3, -0.25) is 0 Å². The molecule has 1 aromatic carbocycles. The van der Waals surface area contributed by atoms with E-state index in [9.17, 15) is 20.4 Å². The van der Waals surface area contributed by atoms with Crippen LogP contribution in [-0.4, -0.2) is 56.9 Å². The summed E-state index contributed by atoms with van der Waals surface area (Å²) < 4.78 is 5.37. The van der Waals surface area contributed by atoms with Crippen LogP contribution in [0.2, 0.25) is 0 Å². The SMILES string of the molecule is OC[C@@]1(Sc2ccccc2)OC[C@@H](O)[C@@H](O)[C@@H]1O. The molecule has 6 heteroatoms. The number of benzene rings is 1. The Morgan fingerprint density at radius 3 is 2.50 bits per heavy atom. The Hall–Kier alpha value is -0.630. The monoisotopic (exact) mass is 272 g/mol. The molecule has 0 radical (unpaired) electrons. The number of aliphatic hydroxyl groups excluding tert-OH is 4. The molecule has 4 atom stereocenters. The van der Waals surface area contributed by atoms with Crippen LogP contribution in [0.1, 0.15) is 0 Å². The van der Waals surface area contributed by atoms with Crippen LogP contribution in [0.25, 0.3) is 0 Å². The van der Waals surface area contributed by atoms with Crippen LogP contribution in [0.5, 0.6) is 0 Å². The van der Waals surface area contributed by atoms with Crippen molar-refractivity contribution in [3.63, 3.8) is 0 Å². The van der Waals surface area contributed by atoms with E-state index < -0.39 is 29.9 Å². The minimum Gasteiger partial charge on any atom is -0.392 e. The van der Waals surface area contributed by atoms with Crippen molar-refractivity contribution in [3.8, 4) is 0 Å². The molecule has 1 saturated heterocycles. The first-order valence-electron chi connectivity index (χ1n) is 5.62. The predicted molar refractivity (Wildman–Crippen MR) is 66.1 cm³/mol. The van der Waals surface area contributed by atoms with Crippen molar-refractivity contribution in [3.05, 3.63) is 30.3 Å². The Labute approximate surface area is 109 Å². The molecule has 1 aromatic rings. The highest BCUT2D eigenvalue weighted by atomic mass is 32.2. The Morgan fingerprint density at radius 2 is 1.89 bits per heavy atom. The van der Waals surface area contributed by atoms with E-state index in [1.807, 2.05) is 30.3 Å². The molecule has 100 valence electrons. The van der Waals surface area contributed by atoms with Crippen molar-refractivity contribution in [2.24, 2.45) is 0 Å². The molecule has 0 bridgehead atoms. The van der Waals surface area contributed by atoms with Gasteiger partial charge in [-0.05, 0) is 12.1 Å². The lowest BCUT2D eigenvalue weighted by atomic mass is 10.00. The lowest BCUT2D eigenvalue weighted by molar-refractivity contribution is -0.209. The highest BCUT2D eigenvalue weighted by molar-refractivity contribution is 8.00. The lowest BCUT2D eigenvalue weighted by Gasteiger charge is -2.43. The van der Waals surface area contributed by atoms with Crippen molar-refractivity contribution < 1.29 is 25.2 Å². The second-order valence-electron chi connectivity index (χ2n) is 4.20. The van der Waals surface area contributed by atoms with Gasteiger partial charge in [0.2, 0.25) is 0 Å². The van der Waals surface area contributed by atoms with Gasteiger partial charge in [-0.25, -0.2) is 0 Å². The Balaban J connectivity index is 2.20. The molecular weight excluding hydrogens is 256 g/mol. The minimum absolute atomic E-state index is 0.126. The van der Waals surface area contributed by atoms with Gasteiger partial charge < -0.3 is 25.2 Å². The third-order valence-electron chi connectivity index (χ3n) is 2.92. The maximum atomic E-state index is 10.0. The molecule has 5 nitrogen and oxygen atoms in total. The Kier molecular flexibility index (Phi) is 4.26. The quantitative estimate of drug-likeness (QED) is 0.597. The van der Waals surface area contributed by atoms with Gasteiger partial charge in [0.25, 0.3) is 0 Å².